The number of carbonyl (C=O) groups excluding carboxylic acids is 2. The van der Waals surface area contributed by atoms with E-state index in [2.05, 4.69) is 29.2 Å². The maximum absolute atomic E-state index is 12.8. The van der Waals surface area contributed by atoms with Gasteiger partial charge in [0.2, 0.25) is 5.91 Å². The Hall–Kier alpha value is -2.09. The third kappa shape index (κ3) is 6.21. The van der Waals surface area contributed by atoms with Crippen molar-refractivity contribution in [3.8, 4) is 0 Å². The second-order valence-electron chi connectivity index (χ2n) is 7.73. The van der Waals surface area contributed by atoms with Crippen molar-refractivity contribution in [3.05, 3.63) is 46.2 Å². The van der Waals surface area contributed by atoms with Gasteiger partial charge in [0.15, 0.2) is 0 Å². The van der Waals surface area contributed by atoms with Crippen LogP contribution in [-0.4, -0.2) is 64.1 Å². The van der Waals surface area contributed by atoms with Crippen molar-refractivity contribution in [2.24, 2.45) is 5.92 Å². The molecule has 3 rings (SSSR count). The van der Waals surface area contributed by atoms with Gasteiger partial charge in [0.05, 0.1) is 34.4 Å². The minimum atomic E-state index is -0.264. The minimum Gasteiger partial charge on any atom is -0.338 e. The molecule has 1 unspecified atom stereocenters. The summed E-state index contributed by atoms with van der Waals surface area (Å²) in [5, 5.41) is 8.04. The van der Waals surface area contributed by atoms with E-state index in [-0.39, 0.29) is 17.7 Å². The maximum Gasteiger partial charge on any atom is 0.253 e. The molecule has 0 spiro atoms. The number of likely N-dealkylation sites (tertiary alicyclic amines) is 1. The summed E-state index contributed by atoms with van der Waals surface area (Å²) in [4.78, 5) is 29.7. The molecular formula is C22H29Cl2N5O2. The average Bonchev–Trinajstić information content (AvgIpc) is 3.23. The smallest absolute Gasteiger partial charge is 0.253 e. The van der Waals surface area contributed by atoms with Crippen LogP contribution in [0.15, 0.2) is 30.6 Å². The zero-order valence-electron chi connectivity index (χ0n) is 18.0. The molecule has 31 heavy (non-hydrogen) atoms. The Balaban J connectivity index is 1.56. The lowest BCUT2D eigenvalue weighted by Gasteiger charge is -2.32. The number of amides is 2. The van der Waals surface area contributed by atoms with E-state index < -0.39 is 0 Å². The Morgan fingerprint density at radius 3 is 2.71 bits per heavy atom. The number of nitrogens with zero attached hydrogens (tertiary/aromatic N) is 4. The van der Waals surface area contributed by atoms with Gasteiger partial charge in [-0.25, -0.2) is 0 Å². The van der Waals surface area contributed by atoms with E-state index in [0.29, 0.717) is 34.4 Å². The molecule has 2 aromatic rings. The minimum absolute atomic E-state index is 0.0880. The molecule has 0 saturated carbocycles. The highest BCUT2D eigenvalue weighted by Gasteiger charge is 2.29. The van der Waals surface area contributed by atoms with Gasteiger partial charge in [-0.15, -0.1) is 0 Å². The number of halogens is 2. The van der Waals surface area contributed by atoms with Crippen LogP contribution in [0.5, 0.6) is 0 Å². The van der Waals surface area contributed by atoms with Gasteiger partial charge in [0.25, 0.3) is 5.91 Å². The van der Waals surface area contributed by atoms with Crippen molar-refractivity contribution in [1.29, 1.82) is 0 Å². The van der Waals surface area contributed by atoms with Gasteiger partial charge in [-0.05, 0) is 44.1 Å². The monoisotopic (exact) mass is 465 g/mol. The summed E-state index contributed by atoms with van der Waals surface area (Å²) in [7, 11) is 0. The van der Waals surface area contributed by atoms with Crippen molar-refractivity contribution in [3.63, 3.8) is 0 Å². The summed E-state index contributed by atoms with van der Waals surface area (Å²) in [6, 6.07) is 4.85. The van der Waals surface area contributed by atoms with E-state index in [9.17, 15) is 9.59 Å². The standard InChI is InChI=1S/C22H29Cl2N5O2/c1-3-27(4-2)10-11-29-15-18(13-25-29)26-21(30)17-6-5-9-28(14-17)22(31)16-7-8-19(23)20(24)12-16/h7-8,12-13,15,17H,3-6,9-11,14H2,1-2H3,(H,26,30). The topological polar surface area (TPSA) is 70.5 Å². The first-order valence-corrected chi connectivity index (χ1v) is 11.5. The van der Waals surface area contributed by atoms with Crippen LogP contribution in [0.1, 0.15) is 37.0 Å². The quantitative estimate of drug-likeness (QED) is 0.638. The lowest BCUT2D eigenvalue weighted by molar-refractivity contribution is -0.121. The van der Waals surface area contributed by atoms with E-state index in [1.807, 2.05) is 10.9 Å². The second kappa shape index (κ2) is 11.0. The molecule has 9 heteroatoms. The van der Waals surface area contributed by atoms with Gasteiger partial charge in [0, 0.05) is 31.4 Å². The van der Waals surface area contributed by atoms with Gasteiger partial charge in [-0.3, -0.25) is 14.3 Å². The van der Waals surface area contributed by atoms with E-state index in [0.717, 1.165) is 39.0 Å². The molecule has 0 radical (unpaired) electrons. The van der Waals surface area contributed by atoms with Gasteiger partial charge < -0.3 is 15.1 Å². The summed E-state index contributed by atoms with van der Waals surface area (Å²) in [6.45, 7) is 8.95. The van der Waals surface area contributed by atoms with E-state index in [4.69, 9.17) is 23.2 Å². The van der Waals surface area contributed by atoms with Crippen LogP contribution < -0.4 is 5.32 Å². The summed E-state index contributed by atoms with van der Waals surface area (Å²) in [5.41, 5.74) is 1.16. The number of nitrogens with one attached hydrogen (secondary N) is 1. The van der Waals surface area contributed by atoms with Crippen molar-refractivity contribution in [2.75, 3.05) is 38.0 Å². The number of anilines is 1. The fraction of sp³-hybridized carbons (Fsp3) is 0.500. The Bertz CT molecular complexity index is 913. The van der Waals surface area contributed by atoms with Crippen LogP contribution in [0.4, 0.5) is 5.69 Å². The lowest BCUT2D eigenvalue weighted by Crippen LogP contribution is -2.43. The molecule has 1 fully saturated rings. The van der Waals surface area contributed by atoms with Crippen LogP contribution in [0.2, 0.25) is 10.0 Å². The van der Waals surface area contributed by atoms with Crippen molar-refractivity contribution < 1.29 is 9.59 Å². The molecule has 2 amide bonds. The molecule has 0 bridgehead atoms. The highest BCUT2D eigenvalue weighted by atomic mass is 35.5. The average molecular weight is 466 g/mol. The largest absolute Gasteiger partial charge is 0.338 e. The SMILES string of the molecule is CCN(CC)CCn1cc(NC(=O)C2CCCN(C(=O)c3ccc(Cl)c(Cl)c3)C2)cn1. The summed E-state index contributed by atoms with van der Waals surface area (Å²) in [6.07, 6.45) is 5.03. The Labute approximate surface area is 193 Å². The fourth-order valence-electron chi connectivity index (χ4n) is 3.77. The molecule has 2 heterocycles. The van der Waals surface area contributed by atoms with Crippen LogP contribution in [-0.2, 0) is 11.3 Å². The van der Waals surface area contributed by atoms with Crippen molar-refractivity contribution >= 4 is 40.7 Å². The highest BCUT2D eigenvalue weighted by Crippen LogP contribution is 2.25. The van der Waals surface area contributed by atoms with E-state index in [1.165, 1.54) is 0 Å². The second-order valence-corrected chi connectivity index (χ2v) is 8.54. The lowest BCUT2D eigenvalue weighted by atomic mass is 9.96. The normalized spacial score (nSPS) is 16.5. The molecule has 168 valence electrons. The van der Waals surface area contributed by atoms with E-state index in [1.54, 1.807) is 29.3 Å². The third-order valence-electron chi connectivity index (χ3n) is 5.69. The Kier molecular flexibility index (Phi) is 8.35. The first kappa shape index (κ1) is 23.6. The van der Waals surface area contributed by atoms with Crippen LogP contribution in [0, 0.1) is 5.92 Å². The molecule has 1 aromatic carbocycles. The molecule has 0 aliphatic carbocycles. The zero-order valence-corrected chi connectivity index (χ0v) is 19.5. The maximum atomic E-state index is 12.8. The predicted octanol–water partition coefficient (Wildman–Crippen LogP) is 4.02. The van der Waals surface area contributed by atoms with Crippen LogP contribution in [0.3, 0.4) is 0 Å². The zero-order chi connectivity index (χ0) is 22.4. The molecule has 7 nitrogen and oxygen atoms in total. The summed E-state index contributed by atoms with van der Waals surface area (Å²) in [5.74, 6) is -0.491. The van der Waals surface area contributed by atoms with Gasteiger partial charge >= 0.3 is 0 Å². The Morgan fingerprint density at radius 1 is 1.23 bits per heavy atom. The predicted molar refractivity (Wildman–Crippen MR) is 124 cm³/mol. The Morgan fingerprint density at radius 2 is 2.00 bits per heavy atom. The molecule has 1 aliphatic rings. The molecule has 1 aliphatic heterocycles. The number of hydrogen-bond donors (Lipinski definition) is 1. The molecule has 1 N–H and O–H groups in total. The highest BCUT2D eigenvalue weighted by molar-refractivity contribution is 6.42. The molecule has 1 saturated heterocycles. The first-order chi connectivity index (χ1) is 14.9. The van der Waals surface area contributed by atoms with Crippen LogP contribution >= 0.6 is 23.2 Å². The number of aromatic nitrogens is 2. The molecule has 1 aromatic heterocycles. The molecular weight excluding hydrogens is 437 g/mol. The number of likely N-dealkylation sites (N-methyl/N-ethyl adjacent to an activating group) is 1. The molecule has 1 atom stereocenters. The van der Waals surface area contributed by atoms with Crippen LogP contribution in [0.25, 0.3) is 0 Å². The number of benzene rings is 1. The first-order valence-electron chi connectivity index (χ1n) is 10.7. The number of piperidine rings is 1. The van der Waals surface area contributed by atoms with Crippen molar-refractivity contribution in [1.82, 2.24) is 19.6 Å². The number of rotatable bonds is 8. The van der Waals surface area contributed by atoms with Gasteiger partial charge in [0.1, 0.15) is 0 Å². The fourth-order valence-corrected chi connectivity index (χ4v) is 4.06. The third-order valence-corrected chi connectivity index (χ3v) is 6.43. The number of carbonyl (C=O) groups is 2. The summed E-state index contributed by atoms with van der Waals surface area (Å²) >= 11 is 12.0. The van der Waals surface area contributed by atoms with Gasteiger partial charge in [-0.1, -0.05) is 37.0 Å². The summed E-state index contributed by atoms with van der Waals surface area (Å²) < 4.78 is 1.84. The van der Waals surface area contributed by atoms with Gasteiger partial charge in [-0.2, -0.15) is 5.10 Å². The number of hydrogen-bond acceptors (Lipinski definition) is 4. The van der Waals surface area contributed by atoms with Crippen molar-refractivity contribution in [2.45, 2.75) is 33.2 Å². The van der Waals surface area contributed by atoms with E-state index >= 15 is 0 Å².